The van der Waals surface area contributed by atoms with Crippen molar-refractivity contribution in [2.45, 2.75) is 45.6 Å². The molecule has 1 saturated heterocycles. The molecule has 0 bridgehead atoms. The number of rotatable bonds is 9. The maximum absolute atomic E-state index is 11.5. The predicted molar refractivity (Wildman–Crippen MR) is 117 cm³/mol. The lowest BCUT2D eigenvalue weighted by molar-refractivity contribution is 0.282. The van der Waals surface area contributed by atoms with Gasteiger partial charge in [0.1, 0.15) is 0 Å². The smallest absolute Gasteiger partial charge is 0.229 e. The molecule has 0 saturated carbocycles. The summed E-state index contributed by atoms with van der Waals surface area (Å²) in [7, 11) is -3.31. The summed E-state index contributed by atoms with van der Waals surface area (Å²) in [6, 6.07) is 7.35. The van der Waals surface area contributed by atoms with Crippen LogP contribution in [0.15, 0.2) is 29.3 Å². The maximum atomic E-state index is 11.5. The molecule has 2 rings (SSSR count). The Balaban J connectivity index is 1.86. The van der Waals surface area contributed by atoms with E-state index in [4.69, 9.17) is 0 Å². The van der Waals surface area contributed by atoms with Crippen molar-refractivity contribution in [3.8, 4) is 0 Å². The van der Waals surface area contributed by atoms with Crippen molar-refractivity contribution in [2.75, 3.05) is 43.7 Å². The van der Waals surface area contributed by atoms with E-state index in [1.165, 1.54) is 38.8 Å². The van der Waals surface area contributed by atoms with Gasteiger partial charge in [0.2, 0.25) is 10.0 Å². The van der Waals surface area contributed by atoms with E-state index in [9.17, 15) is 8.42 Å². The van der Waals surface area contributed by atoms with Gasteiger partial charge in [-0.25, -0.2) is 13.4 Å². The van der Waals surface area contributed by atoms with Gasteiger partial charge in [0, 0.05) is 13.1 Å². The summed E-state index contributed by atoms with van der Waals surface area (Å²) in [5.41, 5.74) is 1.42. The second-order valence-electron chi connectivity index (χ2n) is 7.26. The van der Waals surface area contributed by atoms with Gasteiger partial charge in [0.25, 0.3) is 0 Å². The van der Waals surface area contributed by atoms with E-state index >= 15 is 0 Å². The lowest BCUT2D eigenvalue weighted by atomic mass is 10.2. The summed E-state index contributed by atoms with van der Waals surface area (Å²) in [5.74, 6) is 0.757. The monoisotopic (exact) mass is 409 g/mol. The molecule has 0 amide bonds. The van der Waals surface area contributed by atoms with Crippen molar-refractivity contribution in [1.82, 2.24) is 15.5 Å². The first kappa shape index (κ1) is 22.5. The molecule has 158 valence electrons. The molecule has 7 nitrogen and oxygen atoms in total. The van der Waals surface area contributed by atoms with Crippen molar-refractivity contribution >= 4 is 21.7 Å². The highest BCUT2D eigenvalue weighted by atomic mass is 32.2. The Bertz CT molecular complexity index is 713. The standard InChI is InChI=1S/C20H35N5O2S/c1-3-21-20(22-13-10-16-25-14-8-4-5-9-15-25)23-17-18-11-6-7-12-19(18)24-28(2,26)27/h6-7,11-12,24H,3-5,8-10,13-17H2,1-2H3,(H2,21,22,23). The first-order chi connectivity index (χ1) is 13.5. The molecule has 0 aromatic heterocycles. The number of benzene rings is 1. The summed E-state index contributed by atoms with van der Waals surface area (Å²) >= 11 is 0. The Morgan fingerprint density at radius 3 is 2.50 bits per heavy atom. The lowest BCUT2D eigenvalue weighted by Crippen LogP contribution is -2.39. The molecule has 28 heavy (non-hydrogen) atoms. The Morgan fingerprint density at radius 2 is 1.82 bits per heavy atom. The Labute approximate surface area is 170 Å². The molecule has 1 aromatic carbocycles. The fraction of sp³-hybridized carbons (Fsp3) is 0.650. The third-order valence-corrected chi connectivity index (χ3v) is 5.30. The van der Waals surface area contributed by atoms with Crippen molar-refractivity contribution in [3.63, 3.8) is 0 Å². The van der Waals surface area contributed by atoms with Crippen LogP contribution in [0.25, 0.3) is 0 Å². The molecule has 8 heteroatoms. The predicted octanol–water partition coefficient (Wildman–Crippen LogP) is 2.38. The van der Waals surface area contributed by atoms with Crippen LogP contribution < -0.4 is 15.4 Å². The van der Waals surface area contributed by atoms with Gasteiger partial charge in [-0.3, -0.25) is 4.72 Å². The van der Waals surface area contributed by atoms with Crippen LogP contribution >= 0.6 is 0 Å². The quantitative estimate of drug-likeness (QED) is 0.331. The summed E-state index contributed by atoms with van der Waals surface area (Å²) < 4.78 is 25.6. The van der Waals surface area contributed by atoms with Crippen molar-refractivity contribution in [1.29, 1.82) is 0 Å². The number of aliphatic imine (C=N–C) groups is 1. The van der Waals surface area contributed by atoms with Gasteiger partial charge in [0.05, 0.1) is 18.5 Å². The van der Waals surface area contributed by atoms with E-state index in [0.717, 1.165) is 43.8 Å². The molecule has 1 aliphatic heterocycles. The molecule has 0 radical (unpaired) electrons. The van der Waals surface area contributed by atoms with Crippen LogP contribution in [0, 0.1) is 0 Å². The number of sulfonamides is 1. The number of hydrogen-bond donors (Lipinski definition) is 3. The molecule has 1 aliphatic rings. The Morgan fingerprint density at radius 1 is 1.11 bits per heavy atom. The highest BCUT2D eigenvalue weighted by Gasteiger charge is 2.09. The van der Waals surface area contributed by atoms with E-state index in [1.807, 2.05) is 25.1 Å². The number of para-hydroxylation sites is 1. The van der Waals surface area contributed by atoms with Gasteiger partial charge in [-0.2, -0.15) is 0 Å². The van der Waals surface area contributed by atoms with Crippen LogP contribution in [-0.2, 0) is 16.6 Å². The molecule has 0 unspecified atom stereocenters. The van der Waals surface area contributed by atoms with E-state index in [-0.39, 0.29) is 0 Å². The summed E-state index contributed by atoms with van der Waals surface area (Å²) in [5, 5.41) is 6.64. The Kier molecular flexibility index (Phi) is 9.57. The molecule has 1 fully saturated rings. The normalized spacial score (nSPS) is 16.4. The first-order valence-electron chi connectivity index (χ1n) is 10.3. The summed E-state index contributed by atoms with van der Waals surface area (Å²) in [4.78, 5) is 7.18. The van der Waals surface area contributed by atoms with Gasteiger partial charge in [0.15, 0.2) is 5.96 Å². The van der Waals surface area contributed by atoms with E-state index in [0.29, 0.717) is 12.2 Å². The molecular formula is C20H35N5O2S. The maximum Gasteiger partial charge on any atom is 0.229 e. The van der Waals surface area contributed by atoms with Gasteiger partial charge < -0.3 is 15.5 Å². The number of nitrogens with zero attached hydrogens (tertiary/aromatic N) is 2. The minimum atomic E-state index is -3.31. The number of likely N-dealkylation sites (tertiary alicyclic amines) is 1. The average Bonchev–Trinajstić information content (AvgIpc) is 2.92. The minimum Gasteiger partial charge on any atom is -0.357 e. The molecule has 1 heterocycles. The van der Waals surface area contributed by atoms with E-state index in [2.05, 4.69) is 25.2 Å². The van der Waals surface area contributed by atoms with Crippen molar-refractivity contribution in [3.05, 3.63) is 29.8 Å². The fourth-order valence-corrected chi connectivity index (χ4v) is 3.93. The molecular weight excluding hydrogens is 374 g/mol. The lowest BCUT2D eigenvalue weighted by Gasteiger charge is -2.20. The second-order valence-corrected chi connectivity index (χ2v) is 9.01. The Hall–Kier alpha value is -1.80. The number of hydrogen-bond acceptors (Lipinski definition) is 4. The van der Waals surface area contributed by atoms with Crippen molar-refractivity contribution < 1.29 is 8.42 Å². The highest BCUT2D eigenvalue weighted by Crippen LogP contribution is 2.17. The van der Waals surface area contributed by atoms with E-state index in [1.54, 1.807) is 6.07 Å². The average molecular weight is 410 g/mol. The van der Waals surface area contributed by atoms with Crippen molar-refractivity contribution in [2.24, 2.45) is 4.99 Å². The van der Waals surface area contributed by atoms with Crippen LogP contribution in [0.5, 0.6) is 0 Å². The second kappa shape index (κ2) is 11.9. The SMILES string of the molecule is CCNC(=NCc1ccccc1NS(C)(=O)=O)NCCCN1CCCCCC1. The molecule has 3 N–H and O–H groups in total. The third-order valence-electron chi connectivity index (χ3n) is 4.71. The number of anilines is 1. The summed E-state index contributed by atoms with van der Waals surface area (Å²) in [6.45, 7) is 7.64. The van der Waals surface area contributed by atoms with Gasteiger partial charge >= 0.3 is 0 Å². The first-order valence-corrected chi connectivity index (χ1v) is 12.2. The molecule has 0 atom stereocenters. The van der Waals surface area contributed by atoms with E-state index < -0.39 is 10.0 Å². The topological polar surface area (TPSA) is 85.8 Å². The largest absolute Gasteiger partial charge is 0.357 e. The fourth-order valence-electron chi connectivity index (χ4n) is 3.33. The van der Waals surface area contributed by atoms with Crippen LogP contribution in [-0.4, -0.2) is 58.3 Å². The minimum absolute atomic E-state index is 0.403. The van der Waals surface area contributed by atoms with Gasteiger partial charge in [-0.05, 0) is 57.5 Å². The summed E-state index contributed by atoms with van der Waals surface area (Å²) in [6.07, 6.45) is 7.60. The number of guanidine groups is 1. The zero-order chi connectivity index (χ0) is 20.2. The zero-order valence-electron chi connectivity index (χ0n) is 17.2. The highest BCUT2D eigenvalue weighted by molar-refractivity contribution is 7.92. The zero-order valence-corrected chi connectivity index (χ0v) is 18.0. The van der Waals surface area contributed by atoms with Gasteiger partial charge in [-0.1, -0.05) is 31.0 Å². The molecule has 0 aliphatic carbocycles. The van der Waals surface area contributed by atoms with Crippen LogP contribution in [0.2, 0.25) is 0 Å². The van der Waals surface area contributed by atoms with Crippen LogP contribution in [0.3, 0.4) is 0 Å². The van der Waals surface area contributed by atoms with Crippen LogP contribution in [0.4, 0.5) is 5.69 Å². The van der Waals surface area contributed by atoms with Crippen LogP contribution in [0.1, 0.15) is 44.6 Å². The molecule has 1 aromatic rings. The molecule has 0 spiro atoms. The van der Waals surface area contributed by atoms with Gasteiger partial charge in [-0.15, -0.1) is 0 Å². The third kappa shape index (κ3) is 8.93. The number of nitrogens with one attached hydrogen (secondary N) is 3.